The minimum absolute atomic E-state index is 0.0107. The normalized spacial score (nSPS) is 12.3. The summed E-state index contributed by atoms with van der Waals surface area (Å²) in [6.07, 6.45) is 1.20. The molecule has 5 heteroatoms. The highest BCUT2D eigenvalue weighted by Gasteiger charge is 2.17. The van der Waals surface area contributed by atoms with Crippen molar-refractivity contribution in [3.63, 3.8) is 0 Å². The number of nitrogens with zero attached hydrogens (tertiary/aromatic N) is 1. The molecule has 0 fully saturated rings. The molecule has 0 spiro atoms. The third-order valence-corrected chi connectivity index (χ3v) is 3.08. The van der Waals surface area contributed by atoms with Crippen LogP contribution in [0.1, 0.15) is 38.3 Å². The lowest BCUT2D eigenvalue weighted by atomic mass is 10.0. The van der Waals surface area contributed by atoms with Crippen molar-refractivity contribution in [2.24, 2.45) is 10.9 Å². The van der Waals surface area contributed by atoms with Gasteiger partial charge in [0.2, 0.25) is 5.91 Å². The molecule has 4 N–H and O–H groups in total. The molecular weight excluding hydrogens is 242 g/mol. The summed E-state index contributed by atoms with van der Waals surface area (Å²) in [7, 11) is 0. The summed E-state index contributed by atoms with van der Waals surface area (Å²) in [6.45, 7) is 6.02. The van der Waals surface area contributed by atoms with Crippen molar-refractivity contribution in [2.45, 2.75) is 39.2 Å². The predicted molar refractivity (Wildman–Crippen MR) is 75.2 cm³/mol. The van der Waals surface area contributed by atoms with Gasteiger partial charge >= 0.3 is 0 Å². The molecule has 0 unspecified atom stereocenters. The molecule has 0 saturated carbocycles. The summed E-state index contributed by atoms with van der Waals surface area (Å²) in [5.74, 6) is 0.0477. The quantitative estimate of drug-likeness (QED) is 0.326. The van der Waals surface area contributed by atoms with Gasteiger partial charge in [-0.25, -0.2) is 0 Å². The van der Waals surface area contributed by atoms with Crippen molar-refractivity contribution >= 4 is 11.7 Å². The molecule has 0 saturated heterocycles. The van der Waals surface area contributed by atoms with Gasteiger partial charge in [0.1, 0.15) is 0 Å². The molecule has 0 bridgehead atoms. The zero-order valence-corrected chi connectivity index (χ0v) is 11.6. The summed E-state index contributed by atoms with van der Waals surface area (Å²) in [5.41, 5.74) is 6.79. The van der Waals surface area contributed by atoms with Crippen LogP contribution in [0.25, 0.3) is 0 Å². The average molecular weight is 263 g/mol. The lowest BCUT2D eigenvalue weighted by Crippen LogP contribution is -2.43. The highest BCUT2D eigenvalue weighted by molar-refractivity contribution is 5.97. The van der Waals surface area contributed by atoms with Gasteiger partial charge < -0.3 is 16.3 Å². The summed E-state index contributed by atoms with van der Waals surface area (Å²) in [6, 6.07) is 7.04. The van der Waals surface area contributed by atoms with E-state index in [0.717, 1.165) is 12.0 Å². The van der Waals surface area contributed by atoms with Gasteiger partial charge in [0, 0.05) is 11.1 Å². The van der Waals surface area contributed by atoms with Crippen molar-refractivity contribution in [2.75, 3.05) is 0 Å². The molecule has 1 aromatic carbocycles. The van der Waals surface area contributed by atoms with E-state index in [1.807, 2.05) is 20.8 Å². The number of carbonyl (C=O) groups is 1. The van der Waals surface area contributed by atoms with Gasteiger partial charge in [0.05, 0.1) is 6.42 Å². The standard InChI is InChI=1S/C14H21N3O2/c1-4-14(2,3)16-12(18)9-10-5-7-11(8-6-10)13(15)17-19/h5-8,19H,4,9H2,1-3H3,(H2,15,17)(H,16,18). The fourth-order valence-corrected chi connectivity index (χ4v) is 1.55. The second-order valence-corrected chi connectivity index (χ2v) is 5.14. The van der Waals surface area contributed by atoms with Crippen molar-refractivity contribution < 1.29 is 10.0 Å². The smallest absolute Gasteiger partial charge is 0.224 e. The lowest BCUT2D eigenvalue weighted by molar-refractivity contribution is -0.122. The van der Waals surface area contributed by atoms with Gasteiger partial charge in [0.25, 0.3) is 0 Å². The molecule has 0 aromatic heterocycles. The summed E-state index contributed by atoms with van der Waals surface area (Å²) in [5, 5.41) is 14.5. The van der Waals surface area contributed by atoms with Gasteiger partial charge in [-0.3, -0.25) is 4.79 Å². The van der Waals surface area contributed by atoms with E-state index in [0.29, 0.717) is 12.0 Å². The van der Waals surface area contributed by atoms with Crippen molar-refractivity contribution in [1.29, 1.82) is 0 Å². The number of hydrogen-bond acceptors (Lipinski definition) is 3. The monoisotopic (exact) mass is 263 g/mol. The Morgan fingerprint density at radius 3 is 2.42 bits per heavy atom. The molecule has 5 nitrogen and oxygen atoms in total. The zero-order chi connectivity index (χ0) is 14.5. The van der Waals surface area contributed by atoms with Crippen LogP contribution in [-0.4, -0.2) is 22.5 Å². The number of amides is 1. The number of amidine groups is 1. The van der Waals surface area contributed by atoms with Crippen LogP contribution in [0.5, 0.6) is 0 Å². The van der Waals surface area contributed by atoms with Crippen LogP contribution >= 0.6 is 0 Å². The number of rotatable bonds is 5. The average Bonchev–Trinajstić information content (AvgIpc) is 2.38. The van der Waals surface area contributed by atoms with Gasteiger partial charge in [-0.05, 0) is 25.8 Å². The Labute approximate surface area is 113 Å². The molecule has 1 amide bonds. The fraction of sp³-hybridized carbons (Fsp3) is 0.429. The number of nitrogens with two attached hydrogens (primary N) is 1. The number of oxime groups is 1. The fourth-order valence-electron chi connectivity index (χ4n) is 1.55. The van der Waals surface area contributed by atoms with Gasteiger partial charge in [-0.15, -0.1) is 0 Å². The van der Waals surface area contributed by atoms with E-state index in [9.17, 15) is 4.79 Å². The highest BCUT2D eigenvalue weighted by Crippen LogP contribution is 2.09. The van der Waals surface area contributed by atoms with E-state index >= 15 is 0 Å². The maximum absolute atomic E-state index is 11.9. The van der Waals surface area contributed by atoms with Crippen molar-refractivity contribution in [1.82, 2.24) is 5.32 Å². The third-order valence-electron chi connectivity index (χ3n) is 3.08. The number of carbonyl (C=O) groups excluding carboxylic acids is 1. The zero-order valence-electron chi connectivity index (χ0n) is 11.6. The Morgan fingerprint density at radius 2 is 1.95 bits per heavy atom. The van der Waals surface area contributed by atoms with E-state index in [2.05, 4.69) is 10.5 Å². The van der Waals surface area contributed by atoms with Crippen LogP contribution in [0, 0.1) is 0 Å². The van der Waals surface area contributed by atoms with Crippen LogP contribution < -0.4 is 11.1 Å². The van der Waals surface area contributed by atoms with E-state index < -0.39 is 0 Å². The summed E-state index contributed by atoms with van der Waals surface area (Å²) < 4.78 is 0. The number of benzene rings is 1. The van der Waals surface area contributed by atoms with E-state index in [4.69, 9.17) is 10.9 Å². The molecule has 0 aliphatic rings. The van der Waals surface area contributed by atoms with E-state index in [1.54, 1.807) is 24.3 Å². The second-order valence-electron chi connectivity index (χ2n) is 5.14. The van der Waals surface area contributed by atoms with Crippen molar-refractivity contribution in [3.05, 3.63) is 35.4 Å². The highest BCUT2D eigenvalue weighted by atomic mass is 16.4. The summed E-state index contributed by atoms with van der Waals surface area (Å²) in [4.78, 5) is 11.9. The third kappa shape index (κ3) is 4.62. The molecule has 1 rings (SSSR count). The first kappa shape index (κ1) is 15.0. The van der Waals surface area contributed by atoms with E-state index in [1.165, 1.54) is 0 Å². The topological polar surface area (TPSA) is 87.7 Å². The van der Waals surface area contributed by atoms with Gasteiger partial charge in [-0.2, -0.15) is 0 Å². The van der Waals surface area contributed by atoms with E-state index in [-0.39, 0.29) is 17.3 Å². The van der Waals surface area contributed by atoms with Crippen LogP contribution in [0.2, 0.25) is 0 Å². The predicted octanol–water partition coefficient (Wildman–Crippen LogP) is 1.63. The molecule has 1 aromatic rings. The van der Waals surface area contributed by atoms with Crippen LogP contribution in [-0.2, 0) is 11.2 Å². The SMILES string of the molecule is CCC(C)(C)NC(=O)Cc1ccc(C(N)=NO)cc1. The van der Waals surface area contributed by atoms with Crippen LogP contribution in [0.15, 0.2) is 29.4 Å². The molecule has 0 radical (unpaired) electrons. The maximum Gasteiger partial charge on any atom is 0.224 e. The Kier molecular flexibility index (Phi) is 4.92. The van der Waals surface area contributed by atoms with Crippen LogP contribution in [0.4, 0.5) is 0 Å². The number of hydrogen-bond donors (Lipinski definition) is 3. The first-order valence-electron chi connectivity index (χ1n) is 6.26. The Morgan fingerprint density at radius 1 is 1.37 bits per heavy atom. The molecule has 0 aliphatic heterocycles. The Bertz CT molecular complexity index is 464. The van der Waals surface area contributed by atoms with Gasteiger partial charge in [-0.1, -0.05) is 36.3 Å². The second kappa shape index (κ2) is 6.22. The Hall–Kier alpha value is -2.04. The molecule has 19 heavy (non-hydrogen) atoms. The maximum atomic E-state index is 11.9. The largest absolute Gasteiger partial charge is 0.409 e. The molecule has 0 aliphatic carbocycles. The first-order chi connectivity index (χ1) is 8.88. The minimum atomic E-state index is -0.189. The van der Waals surface area contributed by atoms with Crippen molar-refractivity contribution in [3.8, 4) is 0 Å². The molecular formula is C14H21N3O2. The number of nitrogens with one attached hydrogen (secondary N) is 1. The Balaban J connectivity index is 2.66. The first-order valence-corrected chi connectivity index (χ1v) is 6.26. The molecule has 0 atom stereocenters. The van der Waals surface area contributed by atoms with Crippen LogP contribution in [0.3, 0.4) is 0 Å². The molecule has 0 heterocycles. The van der Waals surface area contributed by atoms with Gasteiger partial charge in [0.15, 0.2) is 5.84 Å². The summed E-state index contributed by atoms with van der Waals surface area (Å²) >= 11 is 0. The molecule has 104 valence electrons. The minimum Gasteiger partial charge on any atom is -0.409 e. The lowest BCUT2D eigenvalue weighted by Gasteiger charge is -2.24.